The molecule has 160 valence electrons. The van der Waals surface area contributed by atoms with Crippen molar-refractivity contribution in [3.63, 3.8) is 0 Å². The van der Waals surface area contributed by atoms with Gasteiger partial charge in [-0.25, -0.2) is 0 Å². The molecule has 0 aromatic carbocycles. The van der Waals surface area contributed by atoms with Gasteiger partial charge in [0.1, 0.15) is 6.10 Å². The van der Waals surface area contributed by atoms with E-state index in [9.17, 15) is 19.8 Å². The van der Waals surface area contributed by atoms with Crippen LogP contribution < -0.4 is 5.32 Å². The molecule has 3 N–H and O–H groups in total. The first kappa shape index (κ1) is 24.5. The molecule has 4 atom stereocenters. The highest BCUT2D eigenvalue weighted by Crippen LogP contribution is 2.53. The third-order valence-corrected chi connectivity index (χ3v) is 5.65. The zero-order valence-corrected chi connectivity index (χ0v) is 18.1. The van der Waals surface area contributed by atoms with Gasteiger partial charge >= 0.3 is 0 Å². The first-order valence-electron chi connectivity index (χ1n) is 10.5. The van der Waals surface area contributed by atoms with E-state index in [2.05, 4.69) is 31.1 Å². The van der Waals surface area contributed by atoms with Crippen LogP contribution in [-0.4, -0.2) is 46.9 Å². The van der Waals surface area contributed by atoms with Gasteiger partial charge in [0, 0.05) is 30.9 Å². The Morgan fingerprint density at radius 3 is 2.57 bits per heavy atom. The fourth-order valence-electron chi connectivity index (χ4n) is 3.55. The summed E-state index contributed by atoms with van der Waals surface area (Å²) in [5.41, 5.74) is 0.641. The summed E-state index contributed by atoms with van der Waals surface area (Å²) in [7, 11) is 0. The summed E-state index contributed by atoms with van der Waals surface area (Å²) in [6, 6.07) is -0.698. The first-order chi connectivity index (χ1) is 13.2. The lowest BCUT2D eigenvalue weighted by atomic mass is 9.82. The molecule has 4 unspecified atom stereocenters. The maximum Gasteiger partial charge on any atom is 0.249 e. The van der Waals surface area contributed by atoms with Gasteiger partial charge in [0.2, 0.25) is 5.91 Å². The van der Waals surface area contributed by atoms with E-state index in [1.54, 1.807) is 0 Å². The van der Waals surface area contributed by atoms with Crippen LogP contribution in [0.25, 0.3) is 0 Å². The number of nitrogens with one attached hydrogen (secondary N) is 1. The highest BCUT2D eigenvalue weighted by Gasteiger charge is 2.52. The van der Waals surface area contributed by atoms with Crippen molar-refractivity contribution in [1.29, 1.82) is 0 Å². The molecule has 0 saturated heterocycles. The maximum absolute atomic E-state index is 13.1. The number of unbranched alkanes of at least 4 members (excludes halogenated alkanes) is 2. The third kappa shape index (κ3) is 7.47. The number of carbonyl (C=O) groups excluding carboxylic acids is 2. The number of amides is 1. The fourth-order valence-corrected chi connectivity index (χ4v) is 3.55. The van der Waals surface area contributed by atoms with Crippen LogP contribution in [0.3, 0.4) is 0 Å². The molecule has 0 bridgehead atoms. The van der Waals surface area contributed by atoms with Crippen LogP contribution in [0.1, 0.15) is 73.1 Å². The topological polar surface area (TPSA) is 99.0 Å². The van der Waals surface area contributed by atoms with Gasteiger partial charge in [-0.2, -0.15) is 0 Å². The Kier molecular flexibility index (Phi) is 10.0. The average Bonchev–Trinajstić information content (AvgIpc) is 3.44. The molecule has 1 fully saturated rings. The predicted octanol–water partition coefficient (Wildman–Crippen LogP) is 3.02. The Balaban J connectivity index is 2.86. The molecular weight excluding hydrogens is 356 g/mol. The van der Waals surface area contributed by atoms with E-state index in [4.69, 9.17) is 0 Å². The van der Waals surface area contributed by atoms with E-state index in [0.717, 1.165) is 31.4 Å². The minimum atomic E-state index is -1.17. The van der Waals surface area contributed by atoms with Crippen LogP contribution in [0, 0.1) is 17.3 Å². The molecule has 0 aliphatic heterocycles. The molecular formula is C22H38N2O4. The van der Waals surface area contributed by atoms with Crippen LogP contribution in [-0.2, 0) is 9.59 Å². The molecule has 0 heterocycles. The smallest absolute Gasteiger partial charge is 0.249 e. The van der Waals surface area contributed by atoms with Crippen molar-refractivity contribution >= 4 is 17.9 Å². The summed E-state index contributed by atoms with van der Waals surface area (Å²) in [6.45, 7) is 9.62. The summed E-state index contributed by atoms with van der Waals surface area (Å²) >= 11 is 0. The molecule has 1 aliphatic rings. The van der Waals surface area contributed by atoms with Crippen molar-refractivity contribution in [2.24, 2.45) is 22.2 Å². The highest BCUT2D eigenvalue weighted by atomic mass is 16.3. The van der Waals surface area contributed by atoms with Gasteiger partial charge in [0.15, 0.2) is 5.78 Å². The Morgan fingerprint density at radius 1 is 1.36 bits per heavy atom. The average molecular weight is 395 g/mol. The molecule has 1 saturated carbocycles. The lowest BCUT2D eigenvalue weighted by molar-refractivity contribution is -0.133. The van der Waals surface area contributed by atoms with Gasteiger partial charge in [0.25, 0.3) is 0 Å². The van der Waals surface area contributed by atoms with E-state index in [1.165, 1.54) is 6.92 Å². The van der Waals surface area contributed by atoms with E-state index in [-0.39, 0.29) is 29.6 Å². The monoisotopic (exact) mass is 394 g/mol. The fraction of sp³-hybridized carbons (Fsp3) is 0.773. The van der Waals surface area contributed by atoms with Crippen molar-refractivity contribution < 1.29 is 19.8 Å². The van der Waals surface area contributed by atoms with Crippen LogP contribution >= 0.6 is 0 Å². The number of aliphatic hydroxyl groups excluding tert-OH is 2. The van der Waals surface area contributed by atoms with Crippen LogP contribution in [0.2, 0.25) is 0 Å². The van der Waals surface area contributed by atoms with E-state index >= 15 is 0 Å². The largest absolute Gasteiger partial charge is 0.396 e. The van der Waals surface area contributed by atoms with Crippen LogP contribution in [0.4, 0.5) is 0 Å². The summed E-state index contributed by atoms with van der Waals surface area (Å²) in [4.78, 5) is 29.6. The SMILES string of the molecule is C/C=C(CC(NC(=O)C(C)O)C(=O)C1CC1C(C)(C)CCO)\N=C/CCCC. The number of Topliss-reactive ketones (excluding diaryl/α,β-unsaturated/α-hetero) is 1. The lowest BCUT2D eigenvalue weighted by Gasteiger charge is -2.25. The first-order valence-corrected chi connectivity index (χ1v) is 10.5. The molecule has 1 amide bonds. The molecule has 28 heavy (non-hydrogen) atoms. The predicted molar refractivity (Wildman–Crippen MR) is 112 cm³/mol. The summed E-state index contributed by atoms with van der Waals surface area (Å²) in [6.07, 6.45) is 7.33. The number of allylic oxidation sites excluding steroid dienone is 1. The van der Waals surface area contributed by atoms with Crippen LogP contribution in [0.15, 0.2) is 16.8 Å². The third-order valence-electron chi connectivity index (χ3n) is 5.65. The second-order valence-electron chi connectivity index (χ2n) is 8.49. The number of hydrogen-bond donors (Lipinski definition) is 3. The van der Waals surface area contributed by atoms with Crippen molar-refractivity contribution in [3.8, 4) is 0 Å². The molecule has 0 spiro atoms. The van der Waals surface area contributed by atoms with E-state index in [0.29, 0.717) is 12.8 Å². The standard InChI is InChI=1S/C22H38N2O4/c1-6-8-9-11-23-16(7-2)13-19(24-21(28)15(3)26)20(27)17-14-18(17)22(4,5)10-12-25/h7,11,15,17-19,25-26H,6,8-10,12-14H2,1-5H3,(H,24,28)/b16-7-,23-11-. The quantitative estimate of drug-likeness (QED) is 0.330. The van der Waals surface area contributed by atoms with Gasteiger partial charge in [0.05, 0.1) is 6.04 Å². The Labute approximate surface area is 169 Å². The van der Waals surface area contributed by atoms with E-state index in [1.807, 2.05) is 19.2 Å². The Hall–Kier alpha value is -1.53. The second-order valence-corrected chi connectivity index (χ2v) is 8.49. The zero-order chi connectivity index (χ0) is 21.3. The number of carbonyl (C=O) groups is 2. The summed E-state index contributed by atoms with van der Waals surface area (Å²) in [5.74, 6) is -0.466. The van der Waals surface area contributed by atoms with Crippen molar-refractivity contribution in [3.05, 3.63) is 11.8 Å². The van der Waals surface area contributed by atoms with Gasteiger partial charge in [-0.15, -0.1) is 0 Å². The number of rotatable bonds is 13. The molecule has 6 heteroatoms. The number of ketones is 1. The van der Waals surface area contributed by atoms with Crippen molar-refractivity contribution in [2.45, 2.75) is 85.3 Å². The minimum Gasteiger partial charge on any atom is -0.396 e. The van der Waals surface area contributed by atoms with Gasteiger partial charge in [-0.3, -0.25) is 14.6 Å². The second kappa shape index (κ2) is 11.5. The van der Waals surface area contributed by atoms with Gasteiger partial charge < -0.3 is 15.5 Å². The summed E-state index contributed by atoms with van der Waals surface area (Å²) < 4.78 is 0. The van der Waals surface area contributed by atoms with E-state index < -0.39 is 18.1 Å². The molecule has 1 aliphatic carbocycles. The number of nitrogens with zero attached hydrogens (tertiary/aromatic N) is 1. The lowest BCUT2D eigenvalue weighted by Crippen LogP contribution is -2.46. The van der Waals surface area contributed by atoms with Crippen molar-refractivity contribution in [2.75, 3.05) is 6.61 Å². The highest BCUT2D eigenvalue weighted by molar-refractivity contribution is 5.93. The Morgan fingerprint density at radius 2 is 2.04 bits per heavy atom. The number of aliphatic hydroxyl groups is 2. The Bertz CT molecular complexity index is 581. The number of hydrogen-bond acceptors (Lipinski definition) is 5. The molecule has 0 radical (unpaired) electrons. The molecule has 0 aromatic rings. The minimum absolute atomic E-state index is 0.00637. The molecule has 6 nitrogen and oxygen atoms in total. The molecule has 0 aromatic heterocycles. The number of aliphatic imine (C=N–C) groups is 1. The normalized spacial score (nSPS) is 22.2. The maximum atomic E-state index is 13.1. The van der Waals surface area contributed by atoms with Crippen LogP contribution in [0.5, 0.6) is 0 Å². The zero-order valence-electron chi connectivity index (χ0n) is 18.1. The van der Waals surface area contributed by atoms with Gasteiger partial charge in [-0.1, -0.05) is 33.3 Å². The molecule has 1 rings (SSSR count). The summed E-state index contributed by atoms with van der Waals surface area (Å²) in [5, 5.41) is 21.5. The van der Waals surface area contributed by atoms with Crippen molar-refractivity contribution in [1.82, 2.24) is 5.32 Å². The van der Waals surface area contributed by atoms with Gasteiger partial charge in [-0.05, 0) is 50.9 Å².